The minimum atomic E-state index is -4.33. The van der Waals surface area contributed by atoms with E-state index in [1.54, 1.807) is 0 Å². The first kappa shape index (κ1) is 13.1. The molecule has 2 aromatic rings. The highest BCUT2D eigenvalue weighted by Crippen LogP contribution is 2.31. The number of hydrogen-bond donors (Lipinski definition) is 1. The van der Waals surface area contributed by atoms with E-state index in [0.717, 1.165) is 12.1 Å². The first-order chi connectivity index (χ1) is 8.29. The quantitative estimate of drug-likeness (QED) is 0.806. The summed E-state index contributed by atoms with van der Waals surface area (Å²) in [6.07, 6.45) is -4.33. The van der Waals surface area contributed by atoms with Crippen LogP contribution in [0.5, 0.6) is 0 Å². The Morgan fingerprint density at radius 2 is 2.00 bits per heavy atom. The van der Waals surface area contributed by atoms with Crippen LogP contribution in [0.15, 0.2) is 18.2 Å². The monoisotopic (exact) mass is 274 g/mol. The highest BCUT2D eigenvalue weighted by molar-refractivity contribution is 7.71. The largest absolute Gasteiger partial charge is 0.416 e. The molecule has 18 heavy (non-hydrogen) atoms. The number of benzene rings is 1. The van der Waals surface area contributed by atoms with E-state index >= 15 is 0 Å². The number of aromatic nitrogens is 2. The van der Waals surface area contributed by atoms with Gasteiger partial charge in [0, 0.05) is 6.54 Å². The zero-order valence-electron chi connectivity index (χ0n) is 10.0. The van der Waals surface area contributed by atoms with Gasteiger partial charge in [-0.25, -0.2) is 0 Å². The van der Waals surface area contributed by atoms with Crippen LogP contribution in [0.1, 0.15) is 19.4 Å². The number of H-pyrrole nitrogens is 1. The summed E-state index contributed by atoms with van der Waals surface area (Å²) in [4.78, 5) is 2.82. The zero-order chi connectivity index (χ0) is 13.5. The summed E-state index contributed by atoms with van der Waals surface area (Å²) < 4.78 is 40.0. The number of rotatable bonds is 2. The summed E-state index contributed by atoms with van der Waals surface area (Å²) >= 11 is 5.13. The average Bonchev–Trinajstić information content (AvgIpc) is 2.53. The third kappa shape index (κ3) is 2.43. The Labute approximate surface area is 107 Å². The molecular weight excluding hydrogens is 261 g/mol. The van der Waals surface area contributed by atoms with E-state index in [9.17, 15) is 13.2 Å². The van der Waals surface area contributed by atoms with Crippen LogP contribution >= 0.6 is 12.2 Å². The smallest absolute Gasteiger partial charge is 0.331 e. The number of hydrogen-bond acceptors (Lipinski definition) is 1. The molecule has 2 rings (SSSR count). The number of halogens is 3. The van der Waals surface area contributed by atoms with E-state index in [4.69, 9.17) is 12.2 Å². The van der Waals surface area contributed by atoms with Crippen molar-refractivity contribution in [1.29, 1.82) is 0 Å². The van der Waals surface area contributed by atoms with E-state index in [2.05, 4.69) is 4.98 Å². The van der Waals surface area contributed by atoms with E-state index in [-0.39, 0.29) is 0 Å². The Morgan fingerprint density at radius 3 is 2.56 bits per heavy atom. The van der Waals surface area contributed by atoms with Crippen LogP contribution in [-0.2, 0) is 12.7 Å². The van der Waals surface area contributed by atoms with Crippen LogP contribution < -0.4 is 0 Å². The molecule has 1 N–H and O–H groups in total. The molecule has 0 aliphatic carbocycles. The fourth-order valence-electron chi connectivity index (χ4n) is 1.89. The Morgan fingerprint density at radius 1 is 1.33 bits per heavy atom. The van der Waals surface area contributed by atoms with Gasteiger partial charge in [-0.2, -0.15) is 13.2 Å². The molecule has 1 aromatic carbocycles. The fourth-order valence-corrected chi connectivity index (χ4v) is 2.17. The van der Waals surface area contributed by atoms with Gasteiger partial charge >= 0.3 is 6.18 Å². The molecule has 1 heterocycles. The first-order valence-corrected chi connectivity index (χ1v) is 5.99. The maximum atomic E-state index is 12.6. The second-order valence-corrected chi connectivity index (χ2v) is 5.05. The third-order valence-electron chi connectivity index (χ3n) is 2.65. The summed E-state index contributed by atoms with van der Waals surface area (Å²) in [7, 11) is 0. The van der Waals surface area contributed by atoms with Gasteiger partial charge in [-0.15, -0.1) is 0 Å². The van der Waals surface area contributed by atoms with Crippen molar-refractivity contribution in [3.63, 3.8) is 0 Å². The highest BCUT2D eigenvalue weighted by atomic mass is 32.1. The van der Waals surface area contributed by atoms with Gasteiger partial charge in [0.2, 0.25) is 0 Å². The van der Waals surface area contributed by atoms with Crippen molar-refractivity contribution in [2.24, 2.45) is 5.92 Å². The maximum Gasteiger partial charge on any atom is 0.416 e. The summed E-state index contributed by atoms with van der Waals surface area (Å²) in [6, 6.07) is 3.65. The number of nitrogens with one attached hydrogen (secondary N) is 1. The molecule has 0 unspecified atom stereocenters. The Kier molecular flexibility index (Phi) is 3.23. The summed E-state index contributed by atoms with van der Waals surface area (Å²) in [5.74, 6) is 0.373. The Hall–Kier alpha value is -1.30. The van der Waals surface area contributed by atoms with Gasteiger partial charge in [0.15, 0.2) is 4.77 Å². The van der Waals surface area contributed by atoms with Crippen LogP contribution in [0.4, 0.5) is 13.2 Å². The van der Waals surface area contributed by atoms with Crippen molar-refractivity contribution >= 4 is 23.3 Å². The predicted molar refractivity (Wildman–Crippen MR) is 67.0 cm³/mol. The van der Waals surface area contributed by atoms with Crippen molar-refractivity contribution < 1.29 is 13.2 Å². The zero-order valence-corrected chi connectivity index (χ0v) is 10.8. The third-order valence-corrected chi connectivity index (χ3v) is 2.97. The van der Waals surface area contributed by atoms with Gasteiger partial charge in [0.25, 0.3) is 0 Å². The maximum absolute atomic E-state index is 12.6. The number of fused-ring (bicyclic) bond motifs is 1. The van der Waals surface area contributed by atoms with E-state index in [0.29, 0.717) is 28.3 Å². The molecule has 0 amide bonds. The SMILES string of the molecule is CC(C)Cn1c(=S)[nH]c2cc(C(F)(F)F)ccc21. The molecule has 0 atom stereocenters. The molecule has 0 aliphatic rings. The molecule has 0 saturated carbocycles. The summed E-state index contributed by atoms with van der Waals surface area (Å²) in [5, 5.41) is 0. The van der Waals surface area contributed by atoms with E-state index in [1.165, 1.54) is 6.07 Å². The van der Waals surface area contributed by atoms with Crippen LogP contribution in [0.3, 0.4) is 0 Å². The second kappa shape index (κ2) is 4.42. The van der Waals surface area contributed by atoms with Gasteiger partial charge in [-0.1, -0.05) is 13.8 Å². The predicted octanol–water partition coefficient (Wildman–Crippen LogP) is 4.37. The lowest BCUT2D eigenvalue weighted by Gasteiger charge is -2.09. The lowest BCUT2D eigenvalue weighted by molar-refractivity contribution is -0.137. The number of imidazole rings is 1. The summed E-state index contributed by atoms with van der Waals surface area (Å²) in [6.45, 7) is 4.75. The highest BCUT2D eigenvalue weighted by Gasteiger charge is 2.30. The van der Waals surface area contributed by atoms with Gasteiger partial charge in [-0.05, 0) is 36.3 Å². The van der Waals surface area contributed by atoms with Crippen molar-refractivity contribution in [1.82, 2.24) is 9.55 Å². The number of alkyl halides is 3. The Balaban J connectivity index is 2.58. The lowest BCUT2D eigenvalue weighted by Crippen LogP contribution is -2.06. The van der Waals surface area contributed by atoms with Crippen molar-refractivity contribution in [2.75, 3.05) is 0 Å². The standard InChI is InChI=1S/C12H13F3N2S/c1-7(2)6-17-10-4-3-8(12(13,14)15)5-9(10)16-11(17)18/h3-5,7H,6H2,1-2H3,(H,16,18). The lowest BCUT2D eigenvalue weighted by atomic mass is 10.2. The van der Waals surface area contributed by atoms with Gasteiger partial charge in [0.05, 0.1) is 16.6 Å². The van der Waals surface area contributed by atoms with Crippen LogP contribution in [0, 0.1) is 10.7 Å². The second-order valence-electron chi connectivity index (χ2n) is 4.66. The molecule has 0 radical (unpaired) electrons. The van der Waals surface area contributed by atoms with Crippen LogP contribution in [0.25, 0.3) is 11.0 Å². The summed E-state index contributed by atoms with van der Waals surface area (Å²) in [5.41, 5.74) is 0.472. The molecule has 0 bridgehead atoms. The molecule has 0 fully saturated rings. The Bertz CT molecular complexity index is 622. The van der Waals surface area contributed by atoms with E-state index in [1.807, 2.05) is 18.4 Å². The molecule has 0 spiro atoms. The molecule has 2 nitrogen and oxygen atoms in total. The normalized spacial score (nSPS) is 12.6. The van der Waals surface area contributed by atoms with E-state index < -0.39 is 11.7 Å². The van der Waals surface area contributed by atoms with Gasteiger partial charge in [0.1, 0.15) is 0 Å². The fraction of sp³-hybridized carbons (Fsp3) is 0.417. The molecule has 0 saturated heterocycles. The number of aromatic amines is 1. The van der Waals surface area contributed by atoms with Crippen molar-refractivity contribution in [2.45, 2.75) is 26.6 Å². The topological polar surface area (TPSA) is 20.7 Å². The minimum absolute atomic E-state index is 0.373. The molecule has 1 aromatic heterocycles. The molecule has 0 aliphatic heterocycles. The molecular formula is C12H13F3N2S. The minimum Gasteiger partial charge on any atom is -0.331 e. The van der Waals surface area contributed by atoms with Crippen molar-refractivity contribution in [3.8, 4) is 0 Å². The van der Waals surface area contributed by atoms with Gasteiger partial charge in [-0.3, -0.25) is 0 Å². The number of nitrogens with zero attached hydrogens (tertiary/aromatic N) is 1. The van der Waals surface area contributed by atoms with Gasteiger partial charge < -0.3 is 9.55 Å². The molecule has 98 valence electrons. The van der Waals surface area contributed by atoms with Crippen LogP contribution in [-0.4, -0.2) is 9.55 Å². The van der Waals surface area contributed by atoms with Crippen molar-refractivity contribution in [3.05, 3.63) is 28.5 Å². The van der Waals surface area contributed by atoms with Crippen LogP contribution in [0.2, 0.25) is 0 Å². The average molecular weight is 274 g/mol. The molecule has 6 heteroatoms. The first-order valence-electron chi connectivity index (χ1n) is 5.59.